The zero-order valence-electron chi connectivity index (χ0n) is 12.5. The lowest BCUT2D eigenvalue weighted by Crippen LogP contribution is -2.35. The van der Waals surface area contributed by atoms with E-state index in [-0.39, 0.29) is 17.7 Å². The lowest BCUT2D eigenvalue weighted by molar-refractivity contribution is -0.117. The molecule has 1 aromatic heterocycles. The molecule has 1 aliphatic heterocycles. The molecule has 0 fully saturated rings. The van der Waals surface area contributed by atoms with E-state index in [1.807, 2.05) is 12.2 Å². The molecule has 0 radical (unpaired) electrons. The maximum absolute atomic E-state index is 12.1. The molecule has 2 amide bonds. The number of pyridine rings is 1. The van der Waals surface area contributed by atoms with Crippen LogP contribution in [0, 0.1) is 5.92 Å². The van der Waals surface area contributed by atoms with Crippen LogP contribution in [-0.2, 0) is 4.79 Å². The number of rotatable bonds is 1. The van der Waals surface area contributed by atoms with Crippen LogP contribution in [0.25, 0.3) is 0 Å². The topological polar surface area (TPSA) is 71.4 Å². The molecule has 2 heterocycles. The number of allylic oxidation sites excluding steroid dienone is 3. The normalized spacial score (nSPS) is 24.2. The van der Waals surface area contributed by atoms with Crippen molar-refractivity contribution in [1.29, 1.82) is 0 Å². The van der Waals surface area contributed by atoms with Crippen LogP contribution >= 0.6 is 0 Å². The largest absolute Gasteiger partial charge is 0.325 e. The van der Waals surface area contributed by atoms with E-state index in [2.05, 4.69) is 15.3 Å². The number of fused-ring (bicyclic) bond motifs is 2. The minimum Gasteiger partial charge on any atom is -0.325 e. The monoisotopic (exact) mass is 305 g/mol. The summed E-state index contributed by atoms with van der Waals surface area (Å²) in [5.74, 6) is -0.221. The Kier molecular flexibility index (Phi) is 3.26. The minimum atomic E-state index is -0.337. The molecular weight excluding hydrogens is 290 g/mol. The third-order valence-electron chi connectivity index (χ3n) is 4.40. The Morgan fingerprint density at radius 1 is 1.35 bits per heavy atom. The molecule has 1 aromatic rings. The summed E-state index contributed by atoms with van der Waals surface area (Å²) in [6.07, 6.45) is 11.6. The van der Waals surface area contributed by atoms with Gasteiger partial charge in [0, 0.05) is 29.6 Å². The van der Waals surface area contributed by atoms with Crippen molar-refractivity contribution in [2.24, 2.45) is 10.9 Å². The quantitative estimate of drug-likeness (QED) is 0.865. The Balaban J connectivity index is 1.63. The number of aliphatic imine (C=N–C) groups is 1. The third kappa shape index (κ3) is 2.44. The number of nitrogens with one attached hydrogen (secondary N) is 1. The Morgan fingerprint density at radius 2 is 2.26 bits per heavy atom. The van der Waals surface area contributed by atoms with Crippen LogP contribution in [0.3, 0.4) is 0 Å². The zero-order chi connectivity index (χ0) is 15.8. The number of hydrogen-bond acceptors (Lipinski definition) is 3. The predicted molar refractivity (Wildman–Crippen MR) is 85.7 cm³/mol. The number of carbonyl (C=O) groups excluding carboxylic acids is 2. The first-order chi connectivity index (χ1) is 11.2. The van der Waals surface area contributed by atoms with Crippen LogP contribution in [0.4, 0.5) is 0 Å². The first-order valence-corrected chi connectivity index (χ1v) is 7.68. The molecule has 3 aliphatic rings. The Bertz CT molecular complexity index is 816. The van der Waals surface area contributed by atoms with Crippen molar-refractivity contribution in [2.45, 2.75) is 19.3 Å². The summed E-state index contributed by atoms with van der Waals surface area (Å²) in [7, 11) is 0. The van der Waals surface area contributed by atoms with Crippen LogP contribution in [-0.4, -0.2) is 22.5 Å². The molecule has 23 heavy (non-hydrogen) atoms. The summed E-state index contributed by atoms with van der Waals surface area (Å²) in [4.78, 5) is 32.3. The van der Waals surface area contributed by atoms with Gasteiger partial charge < -0.3 is 5.32 Å². The number of amides is 2. The number of nitrogens with zero attached hydrogens (tertiary/aromatic N) is 2. The number of hydrogen-bond donors (Lipinski definition) is 1. The lowest BCUT2D eigenvalue weighted by atomic mass is 9.85. The number of carbonyl (C=O) groups is 2. The van der Waals surface area contributed by atoms with Gasteiger partial charge in [-0.1, -0.05) is 6.08 Å². The molecule has 5 heteroatoms. The summed E-state index contributed by atoms with van der Waals surface area (Å²) in [5, 5.41) is 2.94. The highest BCUT2D eigenvalue weighted by molar-refractivity contribution is 6.14. The van der Waals surface area contributed by atoms with E-state index in [9.17, 15) is 9.59 Å². The van der Waals surface area contributed by atoms with E-state index in [1.54, 1.807) is 24.4 Å². The first-order valence-electron chi connectivity index (χ1n) is 7.68. The van der Waals surface area contributed by atoms with Gasteiger partial charge in [0.25, 0.3) is 11.8 Å². The zero-order valence-corrected chi connectivity index (χ0v) is 12.5. The summed E-state index contributed by atoms with van der Waals surface area (Å²) >= 11 is 0. The van der Waals surface area contributed by atoms with E-state index < -0.39 is 0 Å². The van der Waals surface area contributed by atoms with Crippen molar-refractivity contribution in [3.8, 4) is 0 Å². The highest BCUT2D eigenvalue weighted by atomic mass is 16.2. The van der Waals surface area contributed by atoms with Crippen LogP contribution in [0.15, 0.2) is 64.6 Å². The predicted octanol–water partition coefficient (Wildman–Crippen LogP) is 2.34. The van der Waals surface area contributed by atoms with Crippen molar-refractivity contribution in [1.82, 2.24) is 10.3 Å². The maximum Gasteiger partial charge on any atom is 0.279 e. The molecular formula is C18H15N3O2. The fourth-order valence-corrected chi connectivity index (χ4v) is 3.33. The van der Waals surface area contributed by atoms with Gasteiger partial charge in [-0.05, 0) is 49.1 Å². The van der Waals surface area contributed by atoms with Gasteiger partial charge in [0.2, 0.25) is 0 Å². The summed E-state index contributed by atoms with van der Waals surface area (Å²) in [6.45, 7) is 0. The molecule has 0 spiro atoms. The van der Waals surface area contributed by atoms with Gasteiger partial charge in [-0.15, -0.1) is 0 Å². The third-order valence-corrected chi connectivity index (χ3v) is 4.40. The Labute approximate surface area is 133 Å². The van der Waals surface area contributed by atoms with Gasteiger partial charge in [0.05, 0.1) is 11.3 Å². The van der Waals surface area contributed by atoms with Gasteiger partial charge in [-0.2, -0.15) is 0 Å². The molecule has 1 atom stereocenters. The molecule has 0 aromatic carbocycles. The van der Waals surface area contributed by atoms with Crippen molar-refractivity contribution in [2.75, 3.05) is 0 Å². The summed E-state index contributed by atoms with van der Waals surface area (Å²) in [5.41, 5.74) is 3.96. The lowest BCUT2D eigenvalue weighted by Gasteiger charge is -2.28. The molecule has 114 valence electrons. The fourth-order valence-electron chi connectivity index (χ4n) is 3.33. The van der Waals surface area contributed by atoms with Gasteiger partial charge in [-0.25, -0.2) is 4.99 Å². The fraction of sp³-hybridized carbons (Fsp3) is 0.222. The van der Waals surface area contributed by atoms with E-state index in [0.29, 0.717) is 11.3 Å². The molecule has 2 aliphatic carbocycles. The van der Waals surface area contributed by atoms with Gasteiger partial charge >= 0.3 is 0 Å². The standard InChI is InChI=1S/C18H15N3O2/c22-17(11-3-2-8-19-10-11)20-12-6-7-14-13-4-1-5-15(13)18(23)21-16(14)9-12/h2-3,6-10,14H,1,4-5H2,(H,21,23). The summed E-state index contributed by atoms with van der Waals surface area (Å²) in [6, 6.07) is 3.38. The van der Waals surface area contributed by atoms with E-state index in [4.69, 9.17) is 0 Å². The smallest absolute Gasteiger partial charge is 0.279 e. The van der Waals surface area contributed by atoms with Gasteiger partial charge in [-0.3, -0.25) is 14.6 Å². The molecule has 0 saturated heterocycles. The second kappa shape index (κ2) is 5.43. The molecule has 1 unspecified atom stereocenters. The Hall–Kier alpha value is -2.82. The van der Waals surface area contributed by atoms with Crippen LogP contribution in [0.5, 0.6) is 0 Å². The van der Waals surface area contributed by atoms with Crippen molar-refractivity contribution >= 4 is 17.5 Å². The van der Waals surface area contributed by atoms with Gasteiger partial charge in [0.15, 0.2) is 0 Å². The molecule has 1 N–H and O–H groups in total. The van der Waals surface area contributed by atoms with Crippen molar-refractivity contribution in [3.05, 3.63) is 65.2 Å². The average Bonchev–Trinajstić information content (AvgIpc) is 3.06. The second-order valence-corrected chi connectivity index (χ2v) is 5.83. The highest BCUT2D eigenvalue weighted by Gasteiger charge is 2.34. The minimum absolute atomic E-state index is 0.00626. The maximum atomic E-state index is 12.1. The Morgan fingerprint density at radius 3 is 3.09 bits per heavy atom. The van der Waals surface area contributed by atoms with E-state index in [1.165, 1.54) is 11.8 Å². The number of aromatic nitrogens is 1. The molecule has 0 bridgehead atoms. The highest BCUT2D eigenvalue weighted by Crippen LogP contribution is 2.39. The van der Waals surface area contributed by atoms with E-state index >= 15 is 0 Å². The molecule has 0 saturated carbocycles. The van der Waals surface area contributed by atoms with Crippen molar-refractivity contribution < 1.29 is 9.59 Å². The molecule has 5 nitrogen and oxygen atoms in total. The SMILES string of the molecule is O=C1NC2=CC(=NC(=O)c3cccnc3)C=CC2C2=C1CCC2. The second-order valence-electron chi connectivity index (χ2n) is 5.83. The molecule has 4 rings (SSSR count). The average molecular weight is 305 g/mol. The van der Waals surface area contributed by atoms with Crippen LogP contribution < -0.4 is 5.32 Å². The van der Waals surface area contributed by atoms with E-state index in [0.717, 1.165) is 30.5 Å². The van der Waals surface area contributed by atoms with Crippen LogP contribution in [0.1, 0.15) is 29.6 Å². The first kappa shape index (κ1) is 13.8. The van der Waals surface area contributed by atoms with Gasteiger partial charge in [0.1, 0.15) is 0 Å². The summed E-state index contributed by atoms with van der Waals surface area (Å²) < 4.78 is 0. The van der Waals surface area contributed by atoms with Crippen molar-refractivity contribution in [3.63, 3.8) is 0 Å². The van der Waals surface area contributed by atoms with Crippen LogP contribution in [0.2, 0.25) is 0 Å².